The fraction of sp³-hybridized carbons (Fsp3) is 0.372. The van der Waals surface area contributed by atoms with E-state index in [-0.39, 0.29) is 29.5 Å². The van der Waals surface area contributed by atoms with Crippen LogP contribution in [0.5, 0.6) is 17.2 Å². The normalized spacial score (nSPS) is 19.3. The van der Waals surface area contributed by atoms with Crippen LogP contribution >= 0.6 is 11.6 Å². The van der Waals surface area contributed by atoms with E-state index in [9.17, 15) is 9.90 Å². The molecule has 49 heavy (non-hydrogen) atoms. The highest BCUT2D eigenvalue weighted by atomic mass is 35.5. The highest BCUT2D eigenvalue weighted by Crippen LogP contribution is 2.50. The Balaban J connectivity index is 1.47. The number of carbonyl (C=O) groups is 1. The van der Waals surface area contributed by atoms with Crippen molar-refractivity contribution in [3.05, 3.63) is 125 Å². The third-order valence-electron chi connectivity index (χ3n) is 10.0. The second-order valence-electron chi connectivity index (χ2n) is 13.9. The molecule has 5 rings (SSSR count). The highest BCUT2D eigenvalue weighted by Gasteiger charge is 2.41. The van der Waals surface area contributed by atoms with Gasteiger partial charge < -0.3 is 19.3 Å². The molecule has 1 saturated heterocycles. The minimum Gasteiger partial charge on any atom is -0.482 e. The molecule has 1 aliphatic rings. The maximum absolute atomic E-state index is 11.6. The van der Waals surface area contributed by atoms with Crippen LogP contribution in [-0.4, -0.2) is 23.8 Å². The molecule has 1 heterocycles. The summed E-state index contributed by atoms with van der Waals surface area (Å²) in [5.74, 6) is 0.935. The molecule has 4 aromatic rings. The number of rotatable bonds is 14. The zero-order valence-corrected chi connectivity index (χ0v) is 30.1. The lowest BCUT2D eigenvalue weighted by Crippen LogP contribution is -2.36. The Kier molecular flexibility index (Phi) is 11.9. The average molecular weight is 681 g/mol. The molecule has 5 nitrogen and oxygen atoms in total. The van der Waals surface area contributed by atoms with Gasteiger partial charge in [-0.05, 0) is 96.3 Å². The molecule has 1 aliphatic heterocycles. The van der Waals surface area contributed by atoms with Gasteiger partial charge in [-0.25, -0.2) is 4.79 Å². The van der Waals surface area contributed by atoms with Crippen LogP contribution in [0, 0.1) is 5.92 Å². The van der Waals surface area contributed by atoms with Crippen LogP contribution in [0.1, 0.15) is 95.4 Å². The molecule has 0 unspecified atom stereocenters. The Morgan fingerprint density at radius 1 is 0.939 bits per heavy atom. The van der Waals surface area contributed by atoms with Crippen molar-refractivity contribution < 1.29 is 24.1 Å². The molecule has 0 amide bonds. The summed E-state index contributed by atoms with van der Waals surface area (Å²) in [6.45, 7) is 14.9. The Bertz CT molecular complexity index is 1710. The number of halogens is 1. The molecule has 6 heteroatoms. The zero-order chi connectivity index (χ0) is 35.1. The minimum absolute atomic E-state index is 0.0307. The van der Waals surface area contributed by atoms with Crippen molar-refractivity contribution in [2.45, 2.75) is 90.3 Å². The van der Waals surface area contributed by atoms with E-state index >= 15 is 0 Å². The number of hydrogen-bond donors (Lipinski definition) is 1. The van der Waals surface area contributed by atoms with Gasteiger partial charge in [0.1, 0.15) is 17.2 Å². The standard InChI is InChI=1S/C43H49ClO5/c1-7-9-10-40-37(31-13-11-29(12-14-31)30-15-19-33(44)20-16-30)26-36(28(3)4)42(49-40)38-25-35(23-24-39(38)47-27-41(45)46)48-34-21-17-32(18-22-34)43(5,6)8-2/h11-25,36-37,40,42H,3,7-10,26-27H2,1-2,4-6H3,(H,45,46)/t36-,37-,40+,42+/m0/s1. The first-order valence-electron chi connectivity index (χ1n) is 17.4. The third-order valence-corrected chi connectivity index (χ3v) is 10.3. The Morgan fingerprint density at radius 3 is 2.16 bits per heavy atom. The molecule has 0 radical (unpaired) electrons. The number of unbranched alkanes of at least 4 members (excludes halogenated alkanes) is 1. The van der Waals surface area contributed by atoms with Crippen LogP contribution in [-0.2, 0) is 14.9 Å². The Morgan fingerprint density at radius 2 is 1.57 bits per heavy atom. The average Bonchev–Trinajstić information content (AvgIpc) is 3.10. The van der Waals surface area contributed by atoms with E-state index in [0.717, 1.165) is 65.1 Å². The van der Waals surface area contributed by atoms with Crippen molar-refractivity contribution in [3.63, 3.8) is 0 Å². The quantitative estimate of drug-likeness (QED) is 0.134. The van der Waals surface area contributed by atoms with E-state index in [1.165, 1.54) is 11.1 Å². The monoisotopic (exact) mass is 680 g/mol. The van der Waals surface area contributed by atoms with Gasteiger partial charge in [-0.2, -0.15) is 0 Å². The van der Waals surface area contributed by atoms with E-state index in [2.05, 4.69) is 70.7 Å². The maximum Gasteiger partial charge on any atom is 0.341 e. The van der Waals surface area contributed by atoms with Crippen LogP contribution in [0.2, 0.25) is 5.02 Å². The SMILES string of the molecule is C=C(C)[C@@H]1C[C@@H](c2ccc(-c3ccc(Cl)cc3)cc2)[C@@H](CCCC)O[C@H]1c1cc(Oc2ccc(C(C)(C)CC)cc2)ccc1OCC(=O)O. The first-order valence-corrected chi connectivity index (χ1v) is 17.8. The van der Waals surface area contributed by atoms with Gasteiger partial charge >= 0.3 is 5.97 Å². The van der Waals surface area contributed by atoms with Crippen LogP contribution in [0.4, 0.5) is 0 Å². The van der Waals surface area contributed by atoms with Crippen molar-refractivity contribution in [1.82, 2.24) is 0 Å². The van der Waals surface area contributed by atoms with Gasteiger partial charge in [-0.3, -0.25) is 0 Å². The summed E-state index contributed by atoms with van der Waals surface area (Å²) in [5.41, 5.74) is 6.60. The summed E-state index contributed by atoms with van der Waals surface area (Å²) in [7, 11) is 0. The fourth-order valence-electron chi connectivity index (χ4n) is 6.66. The number of aliphatic carboxylic acids is 1. The van der Waals surface area contributed by atoms with Gasteiger partial charge in [-0.15, -0.1) is 0 Å². The summed E-state index contributed by atoms with van der Waals surface area (Å²) in [4.78, 5) is 11.6. The van der Waals surface area contributed by atoms with Gasteiger partial charge in [-0.1, -0.05) is 113 Å². The molecule has 4 aromatic carbocycles. The number of benzene rings is 4. The van der Waals surface area contributed by atoms with Crippen LogP contribution in [0.25, 0.3) is 11.1 Å². The maximum atomic E-state index is 11.6. The number of carboxylic acid groups (broad SMARTS) is 1. The molecule has 0 spiro atoms. The van der Waals surface area contributed by atoms with Gasteiger partial charge in [0.15, 0.2) is 6.61 Å². The van der Waals surface area contributed by atoms with E-state index in [1.54, 1.807) is 6.07 Å². The molecule has 258 valence electrons. The van der Waals surface area contributed by atoms with E-state index < -0.39 is 12.6 Å². The molecule has 0 aliphatic carbocycles. The second-order valence-corrected chi connectivity index (χ2v) is 14.3. The van der Waals surface area contributed by atoms with Crippen molar-refractivity contribution in [2.75, 3.05) is 6.61 Å². The van der Waals surface area contributed by atoms with Crippen LogP contribution < -0.4 is 9.47 Å². The van der Waals surface area contributed by atoms with Crippen molar-refractivity contribution in [2.24, 2.45) is 5.92 Å². The summed E-state index contributed by atoms with van der Waals surface area (Å²) < 4.78 is 19.3. The number of hydrogen-bond acceptors (Lipinski definition) is 4. The lowest BCUT2D eigenvalue weighted by molar-refractivity contribution is -0.139. The first-order chi connectivity index (χ1) is 23.5. The second kappa shape index (κ2) is 16.1. The highest BCUT2D eigenvalue weighted by molar-refractivity contribution is 6.30. The minimum atomic E-state index is -1.04. The topological polar surface area (TPSA) is 65.0 Å². The molecular weight excluding hydrogens is 632 g/mol. The molecule has 1 fully saturated rings. The molecule has 0 aromatic heterocycles. The smallest absolute Gasteiger partial charge is 0.341 e. The fourth-order valence-corrected chi connectivity index (χ4v) is 6.79. The zero-order valence-electron chi connectivity index (χ0n) is 29.4. The predicted octanol–water partition coefficient (Wildman–Crippen LogP) is 11.9. The molecular formula is C43H49ClO5. The predicted molar refractivity (Wildman–Crippen MR) is 199 cm³/mol. The third kappa shape index (κ3) is 8.95. The molecule has 4 atom stereocenters. The summed E-state index contributed by atoms with van der Waals surface area (Å²) in [6, 6.07) is 30.5. The van der Waals surface area contributed by atoms with Crippen LogP contribution in [0.3, 0.4) is 0 Å². The van der Waals surface area contributed by atoms with Gasteiger partial charge in [0.05, 0.1) is 12.2 Å². The van der Waals surface area contributed by atoms with Gasteiger partial charge in [0, 0.05) is 22.4 Å². The van der Waals surface area contributed by atoms with Crippen molar-refractivity contribution in [3.8, 4) is 28.4 Å². The Hall–Kier alpha value is -4.06. The number of carboxylic acids is 1. The molecule has 0 bridgehead atoms. The molecule has 0 saturated carbocycles. The van der Waals surface area contributed by atoms with E-state index in [0.29, 0.717) is 11.5 Å². The van der Waals surface area contributed by atoms with Gasteiger partial charge in [0.25, 0.3) is 0 Å². The Labute approximate surface area is 296 Å². The summed E-state index contributed by atoms with van der Waals surface area (Å²) >= 11 is 6.13. The largest absolute Gasteiger partial charge is 0.482 e. The number of ether oxygens (including phenoxy) is 3. The first kappa shape index (κ1) is 36.2. The van der Waals surface area contributed by atoms with E-state index in [4.69, 9.17) is 25.8 Å². The summed E-state index contributed by atoms with van der Waals surface area (Å²) in [5, 5.41) is 10.2. The van der Waals surface area contributed by atoms with E-state index in [1.807, 2.05) is 55.5 Å². The lowest BCUT2D eigenvalue weighted by atomic mass is 9.74. The van der Waals surface area contributed by atoms with Crippen molar-refractivity contribution in [1.29, 1.82) is 0 Å². The lowest BCUT2D eigenvalue weighted by Gasteiger charge is -2.43. The molecule has 1 N–H and O–H groups in total. The van der Waals surface area contributed by atoms with Crippen molar-refractivity contribution >= 4 is 17.6 Å². The summed E-state index contributed by atoms with van der Waals surface area (Å²) in [6.07, 6.45) is 4.44. The van der Waals surface area contributed by atoms with Gasteiger partial charge in [0.2, 0.25) is 0 Å². The van der Waals surface area contributed by atoms with Crippen LogP contribution in [0.15, 0.2) is 103 Å².